The molecule has 0 aromatic carbocycles. The average molecular weight is 305 g/mol. The van der Waals surface area contributed by atoms with E-state index in [0.29, 0.717) is 6.61 Å². The molecule has 0 aliphatic heterocycles. The average Bonchev–Trinajstić information content (AvgIpc) is 2.00. The van der Waals surface area contributed by atoms with Crippen molar-refractivity contribution in [3.63, 3.8) is 0 Å². The number of rotatable bonds is 6. The summed E-state index contributed by atoms with van der Waals surface area (Å²) in [6, 6.07) is 0. The van der Waals surface area contributed by atoms with E-state index in [2.05, 4.69) is 25.0 Å². The van der Waals surface area contributed by atoms with Gasteiger partial charge in [-0.3, -0.25) is 0 Å². The zero-order valence-corrected chi connectivity index (χ0v) is 12.7. The zero-order valence-electron chi connectivity index (χ0n) is 9.80. The van der Waals surface area contributed by atoms with Gasteiger partial charge in [-0.1, -0.05) is 0 Å². The van der Waals surface area contributed by atoms with Crippen molar-refractivity contribution in [2.24, 2.45) is 0 Å². The van der Waals surface area contributed by atoms with Gasteiger partial charge in [0.2, 0.25) is 0 Å². The topological polar surface area (TPSA) is 26.3 Å². The normalized spacial score (nSPS) is 12.0. The zero-order chi connectivity index (χ0) is 11.0. The van der Waals surface area contributed by atoms with Gasteiger partial charge in [0, 0.05) is 0 Å². The number of hydrogen-bond acceptors (Lipinski definition) is 2. The van der Waals surface area contributed by atoms with Gasteiger partial charge in [-0.15, -0.1) is 0 Å². The van der Waals surface area contributed by atoms with Gasteiger partial charge in [0.25, 0.3) is 0 Å². The second-order valence-electron chi connectivity index (χ2n) is 4.60. The molecule has 0 aromatic rings. The second kappa shape index (κ2) is 7.32. The van der Waals surface area contributed by atoms with Crippen LogP contribution in [0.4, 0.5) is 0 Å². The molecule has 0 spiro atoms. The van der Waals surface area contributed by atoms with Gasteiger partial charge in [0.15, 0.2) is 0 Å². The Hall–Kier alpha value is 0.00870. The molecule has 0 saturated carbocycles. The van der Waals surface area contributed by atoms with E-state index < -0.39 is 18.4 Å². The summed E-state index contributed by atoms with van der Waals surface area (Å²) in [6.45, 7) is 2.02. The van der Waals surface area contributed by atoms with Crippen molar-refractivity contribution in [2.75, 3.05) is 6.61 Å². The Labute approximate surface area is 91.6 Å². The third-order valence-corrected chi connectivity index (χ3v) is 5.22. The Bertz CT molecular complexity index is 192. The summed E-state index contributed by atoms with van der Waals surface area (Å²) in [5.41, 5.74) is 0. The molecule has 14 heavy (non-hydrogen) atoms. The van der Waals surface area contributed by atoms with Gasteiger partial charge >= 0.3 is 91.7 Å². The van der Waals surface area contributed by atoms with Crippen molar-refractivity contribution < 1.29 is 9.53 Å². The van der Waals surface area contributed by atoms with Crippen LogP contribution in [-0.2, 0) is 9.53 Å². The molecule has 0 saturated heterocycles. The minimum atomic E-state index is -1.67. The molecule has 0 amide bonds. The minimum absolute atomic E-state index is 0.175. The van der Waals surface area contributed by atoms with Crippen LogP contribution in [0, 0.1) is 0 Å². The molecule has 0 N–H and O–H groups in total. The molecule has 0 aromatic heterocycles. The Morgan fingerprint density at radius 3 is 2.43 bits per heavy atom. The second-order valence-corrected chi connectivity index (χ2v) is 19.1. The van der Waals surface area contributed by atoms with Crippen molar-refractivity contribution in [3.05, 3.63) is 10.2 Å². The van der Waals surface area contributed by atoms with Gasteiger partial charge < -0.3 is 0 Å². The van der Waals surface area contributed by atoms with Crippen LogP contribution in [-0.4, -0.2) is 31.0 Å². The number of unbranched alkanes of at least 4 members (excludes halogenated alkanes) is 2. The number of ether oxygens (including phenoxy) is 1. The molecular formula is C11H22O2Sn. The van der Waals surface area contributed by atoms with Crippen LogP contribution in [0.15, 0.2) is 10.2 Å². The third kappa shape index (κ3) is 12.0. The van der Waals surface area contributed by atoms with Crippen LogP contribution in [0.1, 0.15) is 26.2 Å². The SMILES string of the molecule is CC(=O)OCCCC/C=[CH]/[Sn]([CH3])([CH3])[CH3]. The Kier molecular flexibility index (Phi) is 7.32. The molecule has 0 aliphatic carbocycles. The Balaban J connectivity index is 3.30. The fourth-order valence-corrected chi connectivity index (χ4v) is 3.51. The summed E-state index contributed by atoms with van der Waals surface area (Å²) < 4.78 is 7.27. The van der Waals surface area contributed by atoms with E-state index in [1.807, 2.05) is 0 Å². The van der Waals surface area contributed by atoms with Crippen LogP contribution in [0.2, 0.25) is 14.8 Å². The first kappa shape index (κ1) is 14.0. The molecule has 0 radical (unpaired) electrons. The molecule has 0 heterocycles. The quantitative estimate of drug-likeness (QED) is 0.428. The predicted octanol–water partition coefficient (Wildman–Crippen LogP) is 3.15. The van der Waals surface area contributed by atoms with Crippen molar-refractivity contribution in [1.82, 2.24) is 0 Å². The van der Waals surface area contributed by atoms with Gasteiger partial charge in [-0.25, -0.2) is 0 Å². The molecule has 0 fully saturated rings. The van der Waals surface area contributed by atoms with Crippen LogP contribution < -0.4 is 0 Å². The molecule has 0 aliphatic rings. The fourth-order valence-electron chi connectivity index (χ4n) is 1.02. The van der Waals surface area contributed by atoms with Crippen molar-refractivity contribution in [2.45, 2.75) is 41.0 Å². The van der Waals surface area contributed by atoms with E-state index in [0.717, 1.165) is 19.3 Å². The Morgan fingerprint density at radius 2 is 1.93 bits per heavy atom. The maximum atomic E-state index is 10.4. The molecule has 0 bridgehead atoms. The molecule has 2 nitrogen and oxygen atoms in total. The van der Waals surface area contributed by atoms with Crippen LogP contribution in [0.3, 0.4) is 0 Å². The first-order chi connectivity index (χ1) is 6.42. The fraction of sp³-hybridized carbons (Fsp3) is 0.727. The predicted molar refractivity (Wildman–Crippen MR) is 63.0 cm³/mol. The molecular weight excluding hydrogens is 283 g/mol. The van der Waals surface area contributed by atoms with Crippen LogP contribution in [0.25, 0.3) is 0 Å². The van der Waals surface area contributed by atoms with E-state index in [1.165, 1.54) is 6.92 Å². The van der Waals surface area contributed by atoms with Crippen LogP contribution in [0.5, 0.6) is 0 Å². The number of carbonyl (C=O) groups is 1. The molecule has 3 heteroatoms. The first-order valence-electron chi connectivity index (χ1n) is 5.23. The van der Waals surface area contributed by atoms with E-state index in [1.54, 1.807) is 0 Å². The number of esters is 1. The number of carbonyl (C=O) groups excluding carboxylic acids is 1. The van der Waals surface area contributed by atoms with E-state index >= 15 is 0 Å². The summed E-state index contributed by atoms with van der Waals surface area (Å²) in [5, 5.41) is 0. The van der Waals surface area contributed by atoms with E-state index in [-0.39, 0.29) is 5.97 Å². The molecule has 0 rings (SSSR count). The van der Waals surface area contributed by atoms with Gasteiger partial charge in [0.05, 0.1) is 0 Å². The molecule has 0 unspecified atom stereocenters. The molecule has 82 valence electrons. The first-order valence-corrected chi connectivity index (χ1v) is 15.4. The van der Waals surface area contributed by atoms with E-state index in [4.69, 9.17) is 4.74 Å². The van der Waals surface area contributed by atoms with Crippen molar-refractivity contribution in [1.29, 1.82) is 0 Å². The Morgan fingerprint density at radius 1 is 1.29 bits per heavy atom. The summed E-state index contributed by atoms with van der Waals surface area (Å²) in [6.07, 6.45) is 5.51. The number of allylic oxidation sites excluding steroid dienone is 1. The van der Waals surface area contributed by atoms with Gasteiger partial charge in [-0.05, 0) is 0 Å². The van der Waals surface area contributed by atoms with Gasteiger partial charge in [-0.2, -0.15) is 0 Å². The van der Waals surface area contributed by atoms with Crippen molar-refractivity contribution >= 4 is 24.3 Å². The summed E-state index contributed by atoms with van der Waals surface area (Å²) in [4.78, 5) is 17.6. The monoisotopic (exact) mass is 306 g/mol. The van der Waals surface area contributed by atoms with E-state index in [9.17, 15) is 4.79 Å². The van der Waals surface area contributed by atoms with Crippen LogP contribution >= 0.6 is 0 Å². The summed E-state index contributed by atoms with van der Waals surface area (Å²) in [7, 11) is 0. The third-order valence-electron chi connectivity index (χ3n) is 1.69. The molecule has 0 atom stereocenters. The van der Waals surface area contributed by atoms with Crippen molar-refractivity contribution in [3.8, 4) is 0 Å². The number of hydrogen-bond donors (Lipinski definition) is 0. The maximum absolute atomic E-state index is 10.4. The summed E-state index contributed by atoms with van der Waals surface area (Å²) >= 11 is -1.67. The standard InChI is InChI=1S/C8H13O2.3CH3.Sn/c1-3-4-5-6-7-10-8(2)9;;;;/h1,3H,4-7H2,2H3;3*1H3;. The van der Waals surface area contributed by atoms with Gasteiger partial charge in [0.1, 0.15) is 0 Å². The summed E-state index contributed by atoms with van der Waals surface area (Å²) in [5.74, 6) is -0.175.